The fourth-order valence-electron chi connectivity index (χ4n) is 2.21. The zero-order chi connectivity index (χ0) is 15.2. The highest BCUT2D eigenvalue weighted by molar-refractivity contribution is 7.99. The summed E-state index contributed by atoms with van der Waals surface area (Å²) in [4.78, 5) is 24.5. The third kappa shape index (κ3) is 4.97. The number of carbonyl (C=O) groups is 2. The van der Waals surface area contributed by atoms with Crippen LogP contribution in [0.1, 0.15) is 18.9 Å². The number of aliphatic carboxylic acids is 1. The van der Waals surface area contributed by atoms with Crippen LogP contribution >= 0.6 is 11.8 Å². The molecule has 1 atom stereocenters. The number of amides is 2. The van der Waals surface area contributed by atoms with Gasteiger partial charge in [-0.3, -0.25) is 4.79 Å². The van der Waals surface area contributed by atoms with Crippen molar-refractivity contribution in [1.29, 1.82) is 0 Å². The number of benzene rings is 1. The molecular formula is C15H20N2O3S. The van der Waals surface area contributed by atoms with Crippen molar-refractivity contribution in [3.8, 4) is 0 Å². The topological polar surface area (TPSA) is 69.6 Å². The molecule has 0 aliphatic carbocycles. The predicted octanol–water partition coefficient (Wildman–Crippen LogP) is 2.67. The molecule has 0 spiro atoms. The number of rotatable bonds is 4. The molecule has 1 heterocycles. The smallest absolute Gasteiger partial charge is 0.321 e. The van der Waals surface area contributed by atoms with Gasteiger partial charge in [-0.25, -0.2) is 4.79 Å². The third-order valence-electron chi connectivity index (χ3n) is 3.36. The van der Waals surface area contributed by atoms with Crippen molar-refractivity contribution >= 4 is 29.4 Å². The predicted molar refractivity (Wildman–Crippen MR) is 84.9 cm³/mol. The van der Waals surface area contributed by atoms with Gasteiger partial charge in [0.25, 0.3) is 0 Å². The number of hydrogen-bond donors (Lipinski definition) is 2. The second kappa shape index (κ2) is 7.36. The molecule has 2 rings (SSSR count). The first-order valence-corrected chi connectivity index (χ1v) is 8.08. The summed E-state index contributed by atoms with van der Waals surface area (Å²) in [7, 11) is 0. The highest BCUT2D eigenvalue weighted by Crippen LogP contribution is 2.19. The number of nitrogens with zero attached hydrogens (tertiary/aromatic N) is 1. The number of hydrogen-bond acceptors (Lipinski definition) is 3. The Morgan fingerprint density at radius 2 is 2.10 bits per heavy atom. The molecule has 1 aliphatic rings. The molecule has 5 nitrogen and oxygen atoms in total. The Morgan fingerprint density at radius 3 is 2.71 bits per heavy atom. The molecule has 21 heavy (non-hydrogen) atoms. The second-order valence-corrected chi connectivity index (χ2v) is 6.69. The zero-order valence-electron chi connectivity index (χ0n) is 12.0. The molecule has 1 unspecified atom stereocenters. The van der Waals surface area contributed by atoms with Crippen LogP contribution in [0.25, 0.3) is 0 Å². The van der Waals surface area contributed by atoms with Crippen LogP contribution in [-0.4, -0.2) is 46.1 Å². The van der Waals surface area contributed by atoms with E-state index in [9.17, 15) is 9.59 Å². The Bertz CT molecular complexity index is 504. The average Bonchev–Trinajstić information content (AvgIpc) is 2.46. The van der Waals surface area contributed by atoms with Crippen LogP contribution in [0.4, 0.5) is 10.5 Å². The van der Waals surface area contributed by atoms with E-state index in [4.69, 9.17) is 5.11 Å². The molecule has 0 radical (unpaired) electrons. The number of carbonyl (C=O) groups excluding carboxylic acids is 1. The molecule has 2 N–H and O–H groups in total. The molecule has 1 aromatic carbocycles. The van der Waals surface area contributed by atoms with Crippen LogP contribution in [0.2, 0.25) is 0 Å². The maximum atomic E-state index is 12.1. The van der Waals surface area contributed by atoms with E-state index in [2.05, 4.69) is 12.2 Å². The van der Waals surface area contributed by atoms with E-state index in [1.54, 1.807) is 0 Å². The zero-order valence-corrected chi connectivity index (χ0v) is 12.9. The quantitative estimate of drug-likeness (QED) is 0.897. The van der Waals surface area contributed by atoms with Crippen molar-refractivity contribution in [3.05, 3.63) is 29.8 Å². The van der Waals surface area contributed by atoms with Gasteiger partial charge in [-0.2, -0.15) is 11.8 Å². The standard InChI is InChI=1S/C15H20N2O3S/c1-11-10-17(8-9-21-11)15(20)16-13-5-2-12(3-6-13)4-7-14(18)19/h2-3,5-6,11H,4,7-10H2,1H3,(H,16,20)(H,18,19). The third-order valence-corrected chi connectivity index (χ3v) is 4.50. The monoisotopic (exact) mass is 308 g/mol. The van der Waals surface area contributed by atoms with E-state index in [0.29, 0.717) is 11.7 Å². The molecular weight excluding hydrogens is 288 g/mol. The number of thioether (sulfide) groups is 1. The highest BCUT2D eigenvalue weighted by Gasteiger charge is 2.21. The summed E-state index contributed by atoms with van der Waals surface area (Å²) in [5.41, 5.74) is 1.70. The summed E-state index contributed by atoms with van der Waals surface area (Å²) >= 11 is 1.89. The van der Waals surface area contributed by atoms with Crippen molar-refractivity contribution < 1.29 is 14.7 Å². The molecule has 0 bridgehead atoms. The van der Waals surface area contributed by atoms with Gasteiger partial charge < -0.3 is 15.3 Å². The maximum absolute atomic E-state index is 12.1. The van der Waals surface area contributed by atoms with Crippen LogP contribution in [0.5, 0.6) is 0 Å². The Morgan fingerprint density at radius 1 is 1.38 bits per heavy atom. The summed E-state index contributed by atoms with van der Waals surface area (Å²) in [6.07, 6.45) is 0.624. The van der Waals surface area contributed by atoms with Crippen molar-refractivity contribution in [2.24, 2.45) is 0 Å². The summed E-state index contributed by atoms with van der Waals surface area (Å²) in [5, 5.41) is 12.0. The minimum Gasteiger partial charge on any atom is -0.481 e. The lowest BCUT2D eigenvalue weighted by molar-refractivity contribution is -0.136. The van der Waals surface area contributed by atoms with E-state index in [1.807, 2.05) is 40.9 Å². The lowest BCUT2D eigenvalue weighted by atomic mass is 10.1. The van der Waals surface area contributed by atoms with Crippen molar-refractivity contribution in [1.82, 2.24) is 4.90 Å². The number of carboxylic acid groups (broad SMARTS) is 1. The van der Waals surface area contributed by atoms with E-state index >= 15 is 0 Å². The molecule has 1 aromatic rings. The lowest BCUT2D eigenvalue weighted by Gasteiger charge is -2.30. The van der Waals surface area contributed by atoms with Gasteiger partial charge in [0.1, 0.15) is 0 Å². The first-order valence-electron chi connectivity index (χ1n) is 7.03. The summed E-state index contributed by atoms with van der Waals surface area (Å²) in [6, 6.07) is 7.27. The van der Waals surface area contributed by atoms with Crippen molar-refractivity contribution in [2.45, 2.75) is 25.0 Å². The molecule has 6 heteroatoms. The largest absolute Gasteiger partial charge is 0.481 e. The Kier molecular flexibility index (Phi) is 5.50. The van der Waals surface area contributed by atoms with E-state index in [0.717, 1.165) is 30.1 Å². The van der Waals surface area contributed by atoms with Crippen LogP contribution < -0.4 is 5.32 Å². The minimum absolute atomic E-state index is 0.0690. The highest BCUT2D eigenvalue weighted by atomic mass is 32.2. The fourth-order valence-corrected chi connectivity index (χ4v) is 3.22. The average molecular weight is 308 g/mol. The second-order valence-electron chi connectivity index (χ2n) is 5.15. The van der Waals surface area contributed by atoms with Gasteiger partial charge in [-0.05, 0) is 24.1 Å². The van der Waals surface area contributed by atoms with E-state index in [-0.39, 0.29) is 12.5 Å². The van der Waals surface area contributed by atoms with Crippen LogP contribution in [-0.2, 0) is 11.2 Å². The molecule has 0 aromatic heterocycles. The van der Waals surface area contributed by atoms with Crippen LogP contribution in [0.15, 0.2) is 24.3 Å². The van der Waals surface area contributed by atoms with Crippen LogP contribution in [0, 0.1) is 0 Å². The number of nitrogens with one attached hydrogen (secondary N) is 1. The van der Waals surface area contributed by atoms with Gasteiger partial charge in [-0.15, -0.1) is 0 Å². The first-order chi connectivity index (χ1) is 10.0. The Hall–Kier alpha value is -1.69. The van der Waals surface area contributed by atoms with Gasteiger partial charge >= 0.3 is 12.0 Å². The van der Waals surface area contributed by atoms with Gasteiger partial charge in [0, 0.05) is 36.2 Å². The van der Waals surface area contributed by atoms with Gasteiger partial charge in [0.05, 0.1) is 0 Å². The van der Waals surface area contributed by atoms with E-state index < -0.39 is 5.97 Å². The molecule has 1 saturated heterocycles. The summed E-state index contributed by atoms with van der Waals surface area (Å²) in [5.74, 6) is 0.173. The molecule has 114 valence electrons. The van der Waals surface area contributed by atoms with Gasteiger partial charge in [0.2, 0.25) is 0 Å². The number of carboxylic acids is 1. The van der Waals surface area contributed by atoms with Crippen LogP contribution in [0.3, 0.4) is 0 Å². The van der Waals surface area contributed by atoms with E-state index in [1.165, 1.54) is 0 Å². The number of aryl methyl sites for hydroxylation is 1. The van der Waals surface area contributed by atoms with Gasteiger partial charge in [0.15, 0.2) is 0 Å². The molecule has 1 fully saturated rings. The lowest BCUT2D eigenvalue weighted by Crippen LogP contribution is -2.43. The molecule has 0 saturated carbocycles. The summed E-state index contributed by atoms with van der Waals surface area (Å²) in [6.45, 7) is 3.67. The SMILES string of the molecule is CC1CN(C(=O)Nc2ccc(CCC(=O)O)cc2)CCS1. The Balaban J connectivity index is 1.87. The van der Waals surface area contributed by atoms with Gasteiger partial charge in [-0.1, -0.05) is 19.1 Å². The first kappa shape index (κ1) is 15.7. The number of anilines is 1. The molecule has 1 aliphatic heterocycles. The fraction of sp³-hybridized carbons (Fsp3) is 0.467. The minimum atomic E-state index is -0.801. The molecule has 2 amide bonds. The number of urea groups is 1. The normalized spacial score (nSPS) is 18.3. The maximum Gasteiger partial charge on any atom is 0.321 e. The van der Waals surface area contributed by atoms with Crippen molar-refractivity contribution in [2.75, 3.05) is 24.2 Å². The Labute approximate surface area is 128 Å². The summed E-state index contributed by atoms with van der Waals surface area (Å²) < 4.78 is 0. The van der Waals surface area contributed by atoms with Crippen molar-refractivity contribution in [3.63, 3.8) is 0 Å².